The van der Waals surface area contributed by atoms with Gasteiger partial charge in [-0.15, -0.1) is 0 Å². The van der Waals surface area contributed by atoms with Gasteiger partial charge in [-0.1, -0.05) is 24.3 Å². The summed E-state index contributed by atoms with van der Waals surface area (Å²) in [4.78, 5) is 12.6. The van der Waals surface area contributed by atoms with Crippen molar-refractivity contribution < 1.29 is 24.1 Å². The third kappa shape index (κ3) is 3.33. The summed E-state index contributed by atoms with van der Waals surface area (Å²) < 4.78 is 17.8. The Labute approximate surface area is 193 Å². The second-order valence-electron chi connectivity index (χ2n) is 9.12. The zero-order valence-electron chi connectivity index (χ0n) is 19.2. The van der Waals surface area contributed by atoms with Gasteiger partial charge in [0.15, 0.2) is 17.6 Å². The molecule has 0 radical (unpaired) electrons. The number of benzene rings is 2. The minimum atomic E-state index is -1.04. The molecule has 1 fully saturated rings. The molecule has 7 heteroatoms. The van der Waals surface area contributed by atoms with E-state index in [0.717, 1.165) is 43.1 Å². The van der Waals surface area contributed by atoms with E-state index in [1.165, 1.54) is 11.1 Å². The van der Waals surface area contributed by atoms with Crippen molar-refractivity contribution in [2.24, 2.45) is 5.92 Å². The van der Waals surface area contributed by atoms with E-state index in [1.807, 2.05) is 6.07 Å². The van der Waals surface area contributed by atoms with Gasteiger partial charge in [-0.05, 0) is 68.6 Å². The topological polar surface area (TPSA) is 80.3 Å². The second-order valence-corrected chi connectivity index (χ2v) is 9.12. The number of ether oxygens (including phenoxy) is 3. The Hall–Kier alpha value is -3.19. The summed E-state index contributed by atoms with van der Waals surface area (Å²) >= 11 is 0. The van der Waals surface area contributed by atoms with E-state index in [1.54, 1.807) is 38.5 Å². The van der Waals surface area contributed by atoms with Crippen molar-refractivity contribution in [1.29, 1.82) is 0 Å². The molecular formula is C26H30N2O5. The number of carboxylic acid groups (broad SMARTS) is 1. The molecule has 4 aliphatic rings. The number of carbonyl (C=O) groups is 1. The fourth-order valence-corrected chi connectivity index (χ4v) is 6.30. The Morgan fingerprint density at radius 2 is 1.97 bits per heavy atom. The number of hydrogen-bond donors (Lipinski definition) is 2. The SMILES string of the molecule is COC1=CC[C@H]2[C@H]3Cc4ccc(OC)c5c4[C@@]2(CCN3C)[C@H]1O5.O=C(O)Nc1ccccc1. The van der Waals surface area contributed by atoms with Crippen LogP contribution in [-0.4, -0.2) is 56.1 Å². The molecule has 2 bridgehead atoms. The van der Waals surface area contributed by atoms with Crippen LogP contribution in [-0.2, 0) is 16.6 Å². The number of anilines is 1. The van der Waals surface area contributed by atoms with E-state index < -0.39 is 6.09 Å². The zero-order chi connectivity index (χ0) is 23.2. The van der Waals surface area contributed by atoms with Crippen molar-refractivity contribution >= 4 is 11.8 Å². The molecule has 174 valence electrons. The molecule has 2 heterocycles. The standard InChI is InChI=1S/C19H23NO3.C7H7NO2/c1-20-9-8-19-12-5-7-15(22-3)18(19)23-17-14(21-2)6-4-11(16(17)19)10-13(12)20;9-7(10)8-6-4-2-1-3-5-6/h4,6-7,12-13,18H,5,8-10H2,1-3H3;1-5,8H,(H,9,10)/t12-,13+,18-,19-;/m0./s1. The molecule has 1 amide bonds. The first-order chi connectivity index (χ1) is 16.0. The highest BCUT2D eigenvalue weighted by molar-refractivity contribution is 5.82. The summed E-state index contributed by atoms with van der Waals surface area (Å²) in [6.07, 6.45) is 4.54. The smallest absolute Gasteiger partial charge is 0.409 e. The molecule has 0 saturated carbocycles. The Kier molecular flexibility index (Phi) is 5.44. The quantitative estimate of drug-likeness (QED) is 0.727. The number of amides is 1. The number of likely N-dealkylation sites (tertiary alicyclic amines) is 1. The molecule has 2 aliphatic heterocycles. The number of piperidine rings is 1. The van der Waals surface area contributed by atoms with Crippen LogP contribution in [0, 0.1) is 5.92 Å². The first-order valence-electron chi connectivity index (χ1n) is 11.4. The van der Waals surface area contributed by atoms with Crippen LogP contribution in [0.5, 0.6) is 11.5 Å². The van der Waals surface area contributed by atoms with Gasteiger partial charge in [-0.3, -0.25) is 5.32 Å². The third-order valence-electron chi connectivity index (χ3n) is 7.69. The molecule has 1 spiro atoms. The lowest BCUT2D eigenvalue weighted by atomic mass is 9.53. The Balaban J connectivity index is 0.000000193. The molecule has 2 aliphatic carbocycles. The molecule has 0 aromatic heterocycles. The van der Waals surface area contributed by atoms with Gasteiger partial charge in [-0.25, -0.2) is 4.79 Å². The van der Waals surface area contributed by atoms with Gasteiger partial charge in [0.05, 0.1) is 14.2 Å². The highest BCUT2D eigenvalue weighted by atomic mass is 16.6. The molecule has 2 aromatic rings. The van der Waals surface area contributed by atoms with Crippen LogP contribution in [0.15, 0.2) is 54.3 Å². The number of para-hydroxylation sites is 1. The van der Waals surface area contributed by atoms with Crippen molar-refractivity contribution in [2.45, 2.75) is 36.8 Å². The van der Waals surface area contributed by atoms with Gasteiger partial charge in [0.2, 0.25) is 0 Å². The maximum Gasteiger partial charge on any atom is 0.409 e. The molecule has 2 N–H and O–H groups in total. The maximum atomic E-state index is 10.1. The Bertz CT molecular complexity index is 1090. The van der Waals surface area contributed by atoms with Crippen LogP contribution < -0.4 is 14.8 Å². The molecule has 4 atom stereocenters. The number of allylic oxidation sites excluding steroid dienone is 1. The predicted octanol–water partition coefficient (Wildman–Crippen LogP) is 4.28. The van der Waals surface area contributed by atoms with E-state index in [0.29, 0.717) is 17.6 Å². The fourth-order valence-electron chi connectivity index (χ4n) is 6.30. The van der Waals surface area contributed by atoms with Crippen molar-refractivity contribution in [2.75, 3.05) is 33.1 Å². The lowest BCUT2D eigenvalue weighted by Gasteiger charge is -2.56. The minimum Gasteiger partial charge on any atom is -0.497 e. The number of nitrogens with one attached hydrogen (secondary N) is 1. The van der Waals surface area contributed by atoms with Gasteiger partial charge in [0.1, 0.15) is 5.76 Å². The molecule has 0 unspecified atom stereocenters. The predicted molar refractivity (Wildman–Crippen MR) is 125 cm³/mol. The van der Waals surface area contributed by atoms with E-state index in [4.69, 9.17) is 19.3 Å². The van der Waals surface area contributed by atoms with Crippen LogP contribution in [0.4, 0.5) is 10.5 Å². The van der Waals surface area contributed by atoms with E-state index >= 15 is 0 Å². The zero-order valence-corrected chi connectivity index (χ0v) is 19.2. The molecule has 1 saturated heterocycles. The Morgan fingerprint density at radius 1 is 1.18 bits per heavy atom. The molecule has 2 aromatic carbocycles. The van der Waals surface area contributed by atoms with Gasteiger partial charge in [0.25, 0.3) is 0 Å². The number of nitrogens with zero attached hydrogens (tertiary/aromatic N) is 1. The number of likely N-dealkylation sites (N-methyl/N-ethyl adjacent to an activating group) is 1. The van der Waals surface area contributed by atoms with Crippen molar-refractivity contribution in [1.82, 2.24) is 4.90 Å². The summed E-state index contributed by atoms with van der Waals surface area (Å²) in [7, 11) is 5.77. The van der Waals surface area contributed by atoms with Gasteiger partial charge in [-0.2, -0.15) is 0 Å². The maximum absolute atomic E-state index is 10.1. The van der Waals surface area contributed by atoms with Crippen molar-refractivity contribution in [3.8, 4) is 11.5 Å². The first-order valence-corrected chi connectivity index (χ1v) is 11.4. The molecule has 7 nitrogen and oxygen atoms in total. The Morgan fingerprint density at radius 3 is 2.67 bits per heavy atom. The summed E-state index contributed by atoms with van der Waals surface area (Å²) in [5.74, 6) is 3.42. The average molecular weight is 451 g/mol. The van der Waals surface area contributed by atoms with Crippen LogP contribution >= 0.6 is 0 Å². The van der Waals surface area contributed by atoms with Crippen LogP contribution in [0.2, 0.25) is 0 Å². The minimum absolute atomic E-state index is 0.00722. The number of hydrogen-bond acceptors (Lipinski definition) is 5. The lowest BCUT2D eigenvalue weighted by molar-refractivity contribution is -0.0267. The summed E-state index contributed by atoms with van der Waals surface area (Å²) in [5.41, 5.74) is 3.51. The molecule has 6 rings (SSSR count). The molecule has 33 heavy (non-hydrogen) atoms. The van der Waals surface area contributed by atoms with Gasteiger partial charge >= 0.3 is 6.09 Å². The van der Waals surface area contributed by atoms with E-state index in [2.05, 4.69) is 35.5 Å². The second kappa shape index (κ2) is 8.30. The average Bonchev–Trinajstić information content (AvgIpc) is 3.17. The van der Waals surface area contributed by atoms with Gasteiger partial charge in [0, 0.05) is 22.7 Å². The van der Waals surface area contributed by atoms with E-state index in [9.17, 15) is 4.79 Å². The van der Waals surface area contributed by atoms with Crippen LogP contribution in [0.25, 0.3) is 0 Å². The monoisotopic (exact) mass is 450 g/mol. The fraction of sp³-hybridized carbons (Fsp3) is 0.423. The molecular weight excluding hydrogens is 420 g/mol. The number of methoxy groups -OCH3 is 2. The van der Waals surface area contributed by atoms with Crippen molar-refractivity contribution in [3.05, 3.63) is 65.4 Å². The highest BCUT2D eigenvalue weighted by Crippen LogP contribution is 2.63. The van der Waals surface area contributed by atoms with E-state index in [-0.39, 0.29) is 11.5 Å². The normalized spacial score (nSPS) is 28.3. The largest absolute Gasteiger partial charge is 0.497 e. The lowest BCUT2D eigenvalue weighted by Crippen LogP contribution is -2.63. The van der Waals surface area contributed by atoms with Gasteiger partial charge < -0.3 is 24.2 Å². The van der Waals surface area contributed by atoms with Crippen LogP contribution in [0.3, 0.4) is 0 Å². The number of rotatable bonds is 3. The first kappa shape index (κ1) is 21.6. The van der Waals surface area contributed by atoms with Crippen molar-refractivity contribution in [3.63, 3.8) is 0 Å². The third-order valence-corrected chi connectivity index (χ3v) is 7.69. The summed E-state index contributed by atoms with van der Waals surface area (Å²) in [6, 6.07) is 13.6. The highest BCUT2D eigenvalue weighted by Gasteiger charge is 2.64. The summed E-state index contributed by atoms with van der Waals surface area (Å²) in [5, 5.41) is 10.5. The summed E-state index contributed by atoms with van der Waals surface area (Å²) in [6.45, 7) is 1.12. The van der Waals surface area contributed by atoms with Crippen LogP contribution in [0.1, 0.15) is 24.0 Å².